The fourth-order valence-corrected chi connectivity index (χ4v) is 4.03. The normalized spacial score (nSPS) is 18.6. The fraction of sp³-hybridized carbons (Fsp3) is 0.292. The summed E-state index contributed by atoms with van der Waals surface area (Å²) >= 11 is 0. The Kier molecular flexibility index (Phi) is 5.16. The van der Waals surface area contributed by atoms with Crippen LogP contribution in [0, 0.1) is 6.92 Å². The Balaban J connectivity index is 1.16. The molecule has 0 bridgehead atoms. The molecule has 31 heavy (non-hydrogen) atoms. The molecule has 3 aromatic rings. The third-order valence-corrected chi connectivity index (χ3v) is 5.78. The van der Waals surface area contributed by atoms with E-state index in [1.54, 1.807) is 6.20 Å². The van der Waals surface area contributed by atoms with Crippen LogP contribution in [0.3, 0.4) is 0 Å². The van der Waals surface area contributed by atoms with Gasteiger partial charge in [0.1, 0.15) is 0 Å². The van der Waals surface area contributed by atoms with Crippen LogP contribution in [0.5, 0.6) is 0 Å². The number of aromatic nitrogens is 1. The summed E-state index contributed by atoms with van der Waals surface area (Å²) < 4.78 is 5.59. The summed E-state index contributed by atoms with van der Waals surface area (Å²) in [4.78, 5) is 26.7. The summed E-state index contributed by atoms with van der Waals surface area (Å²) in [5.41, 5.74) is 3.98. The summed E-state index contributed by atoms with van der Waals surface area (Å²) in [6.07, 6.45) is 1.74. The number of carbonyl (C=O) groups excluding carboxylic acids is 1. The highest BCUT2D eigenvalue weighted by Gasteiger charge is 2.33. The van der Waals surface area contributed by atoms with Crippen molar-refractivity contribution >= 4 is 17.3 Å². The van der Waals surface area contributed by atoms with E-state index >= 15 is 0 Å². The average Bonchev–Trinajstić information content (AvgIpc) is 3.49. The third kappa shape index (κ3) is 4.03. The predicted octanol–water partition coefficient (Wildman–Crippen LogP) is 3.49. The minimum Gasteiger partial charge on any atom is -0.441 e. The van der Waals surface area contributed by atoms with E-state index in [1.807, 2.05) is 54.3 Å². The lowest BCUT2D eigenvalue weighted by molar-refractivity contribution is -0.142. The highest BCUT2D eigenvalue weighted by Crippen LogP contribution is 2.25. The molecule has 158 valence electrons. The van der Waals surface area contributed by atoms with Crippen LogP contribution < -0.4 is 4.90 Å². The van der Waals surface area contributed by atoms with Gasteiger partial charge in [0.2, 0.25) is 6.10 Å². The lowest BCUT2D eigenvalue weighted by atomic mass is 10.0. The largest absolute Gasteiger partial charge is 0.441 e. The Bertz CT molecular complexity index is 1080. The number of oxazole rings is 1. The van der Waals surface area contributed by atoms with E-state index in [2.05, 4.69) is 27.2 Å². The van der Waals surface area contributed by atoms with Gasteiger partial charge in [-0.25, -0.2) is 4.98 Å². The first-order chi connectivity index (χ1) is 15.2. The van der Waals surface area contributed by atoms with Gasteiger partial charge in [-0.2, -0.15) is 0 Å². The van der Waals surface area contributed by atoms with Crippen molar-refractivity contribution < 1.29 is 14.0 Å². The molecule has 0 N–H and O–H groups in total. The molecule has 0 aliphatic carbocycles. The third-order valence-electron chi connectivity index (χ3n) is 5.78. The number of nitrogens with zero attached hydrogens (tertiary/aromatic N) is 4. The molecule has 7 heteroatoms. The molecule has 0 radical (unpaired) electrons. The number of oxime groups is 1. The molecule has 0 spiro atoms. The van der Waals surface area contributed by atoms with Crippen molar-refractivity contribution in [1.29, 1.82) is 0 Å². The highest BCUT2D eigenvalue weighted by atomic mass is 16.6. The molecule has 5 rings (SSSR count). The Morgan fingerprint density at radius 3 is 2.39 bits per heavy atom. The zero-order valence-electron chi connectivity index (χ0n) is 17.4. The Morgan fingerprint density at radius 2 is 1.71 bits per heavy atom. The van der Waals surface area contributed by atoms with Crippen LogP contribution in [-0.2, 0) is 9.63 Å². The molecule has 2 aliphatic heterocycles. The lowest BCUT2D eigenvalue weighted by Crippen LogP contribution is -2.51. The van der Waals surface area contributed by atoms with Gasteiger partial charge in [0.15, 0.2) is 11.7 Å². The number of hydrogen-bond donors (Lipinski definition) is 0. The van der Waals surface area contributed by atoms with E-state index < -0.39 is 6.10 Å². The van der Waals surface area contributed by atoms with E-state index in [4.69, 9.17) is 9.25 Å². The van der Waals surface area contributed by atoms with Crippen LogP contribution >= 0.6 is 0 Å². The molecule has 1 unspecified atom stereocenters. The number of rotatable bonds is 4. The molecule has 2 aliphatic rings. The predicted molar refractivity (Wildman–Crippen MR) is 118 cm³/mol. The number of carbonyl (C=O) groups is 1. The molecule has 1 fully saturated rings. The first-order valence-electron chi connectivity index (χ1n) is 10.5. The second-order valence-electron chi connectivity index (χ2n) is 7.80. The number of piperazine rings is 1. The SMILES string of the molecule is Cc1ncc(-c2ccc(N3CCN(C(=O)C4CC(c5ccccc5)=NO4)CC3)cc2)o1. The molecule has 7 nitrogen and oxygen atoms in total. The molecule has 1 aromatic heterocycles. The van der Waals surface area contributed by atoms with Gasteiger partial charge >= 0.3 is 0 Å². The molecular formula is C24H24N4O3. The number of hydrogen-bond acceptors (Lipinski definition) is 6. The Labute approximate surface area is 180 Å². The standard InChI is InChI=1S/C24H24N4O3/c1-17-25-16-23(30-17)19-7-9-20(10-8-19)27-11-13-28(14-12-27)24(29)22-15-21(26-31-22)18-5-3-2-4-6-18/h2-10,16,22H,11-15H2,1H3. The summed E-state index contributed by atoms with van der Waals surface area (Å²) in [6, 6.07) is 18.1. The van der Waals surface area contributed by atoms with Crippen LogP contribution in [0.1, 0.15) is 17.9 Å². The van der Waals surface area contributed by atoms with Crippen molar-refractivity contribution in [3.8, 4) is 11.3 Å². The van der Waals surface area contributed by atoms with Gasteiger partial charge in [0, 0.05) is 50.8 Å². The maximum atomic E-state index is 12.9. The first kappa shape index (κ1) is 19.4. The van der Waals surface area contributed by atoms with Crippen LogP contribution in [-0.4, -0.2) is 53.8 Å². The van der Waals surface area contributed by atoms with Crippen LogP contribution in [0.25, 0.3) is 11.3 Å². The highest BCUT2D eigenvalue weighted by molar-refractivity contribution is 6.04. The van der Waals surface area contributed by atoms with Crippen molar-refractivity contribution in [3.63, 3.8) is 0 Å². The molecular weight excluding hydrogens is 392 g/mol. The molecule has 1 saturated heterocycles. The number of aryl methyl sites for hydroxylation is 1. The molecule has 3 heterocycles. The maximum Gasteiger partial charge on any atom is 0.267 e. The maximum absolute atomic E-state index is 12.9. The number of amides is 1. The Hall–Kier alpha value is -3.61. The van der Waals surface area contributed by atoms with Crippen molar-refractivity contribution in [2.45, 2.75) is 19.4 Å². The van der Waals surface area contributed by atoms with Gasteiger partial charge in [0.05, 0.1) is 11.9 Å². The van der Waals surface area contributed by atoms with Crippen LogP contribution in [0.2, 0.25) is 0 Å². The second kappa shape index (κ2) is 8.26. The van der Waals surface area contributed by atoms with Gasteiger partial charge in [-0.1, -0.05) is 35.5 Å². The molecule has 0 saturated carbocycles. The van der Waals surface area contributed by atoms with Crippen molar-refractivity contribution in [1.82, 2.24) is 9.88 Å². The zero-order valence-corrected chi connectivity index (χ0v) is 17.4. The summed E-state index contributed by atoms with van der Waals surface area (Å²) in [7, 11) is 0. The van der Waals surface area contributed by atoms with E-state index in [-0.39, 0.29) is 5.91 Å². The minimum absolute atomic E-state index is 0.0189. The molecule has 1 atom stereocenters. The van der Waals surface area contributed by atoms with Crippen LogP contribution in [0.4, 0.5) is 5.69 Å². The van der Waals surface area contributed by atoms with Gasteiger partial charge in [-0.05, 0) is 29.8 Å². The van der Waals surface area contributed by atoms with Gasteiger partial charge < -0.3 is 19.1 Å². The zero-order chi connectivity index (χ0) is 21.2. The molecule has 2 aromatic carbocycles. The van der Waals surface area contributed by atoms with Crippen LogP contribution in [0.15, 0.2) is 70.4 Å². The van der Waals surface area contributed by atoms with Crippen molar-refractivity contribution in [3.05, 3.63) is 72.2 Å². The quantitative estimate of drug-likeness (QED) is 0.651. The first-order valence-corrected chi connectivity index (χ1v) is 10.5. The van der Waals surface area contributed by atoms with Gasteiger partial charge in [-0.3, -0.25) is 4.79 Å². The summed E-state index contributed by atoms with van der Waals surface area (Å²) in [6.45, 7) is 4.74. The van der Waals surface area contributed by atoms with Crippen molar-refractivity contribution in [2.24, 2.45) is 5.16 Å². The second-order valence-corrected chi connectivity index (χ2v) is 7.80. The molecule has 1 amide bonds. The van der Waals surface area contributed by atoms with E-state index in [0.29, 0.717) is 25.4 Å². The fourth-order valence-electron chi connectivity index (χ4n) is 4.03. The summed E-state index contributed by atoms with van der Waals surface area (Å²) in [5, 5.41) is 4.15. The number of anilines is 1. The van der Waals surface area contributed by atoms with Gasteiger partial charge in [-0.15, -0.1) is 0 Å². The van der Waals surface area contributed by atoms with Gasteiger partial charge in [0.25, 0.3) is 5.91 Å². The monoisotopic (exact) mass is 416 g/mol. The minimum atomic E-state index is -0.522. The van der Waals surface area contributed by atoms with Crippen molar-refractivity contribution in [2.75, 3.05) is 31.1 Å². The van der Waals surface area contributed by atoms with E-state index in [0.717, 1.165) is 41.4 Å². The van der Waals surface area contributed by atoms with E-state index in [9.17, 15) is 4.79 Å². The topological polar surface area (TPSA) is 71.2 Å². The number of benzene rings is 2. The lowest BCUT2D eigenvalue weighted by Gasteiger charge is -2.36. The average molecular weight is 416 g/mol. The smallest absolute Gasteiger partial charge is 0.267 e. The Morgan fingerprint density at radius 1 is 0.968 bits per heavy atom. The van der Waals surface area contributed by atoms with E-state index in [1.165, 1.54) is 0 Å². The summed E-state index contributed by atoms with van der Waals surface area (Å²) in [5.74, 6) is 1.45.